The van der Waals surface area contributed by atoms with E-state index in [1.807, 2.05) is 13.8 Å². The maximum Gasteiger partial charge on any atom is 0.344 e. The molecule has 0 heterocycles. The predicted octanol–water partition coefficient (Wildman–Crippen LogP) is 1.95. The predicted molar refractivity (Wildman–Crippen MR) is 77.2 cm³/mol. The zero-order valence-corrected chi connectivity index (χ0v) is 12.7. The molecule has 0 N–H and O–H groups in total. The second-order valence-electron chi connectivity index (χ2n) is 4.52. The molecule has 0 saturated carbocycles. The highest BCUT2D eigenvalue weighted by Gasteiger charge is 2.15. The highest BCUT2D eigenvalue weighted by molar-refractivity contribution is 5.71. The summed E-state index contributed by atoms with van der Waals surface area (Å²) >= 11 is 0. The Morgan fingerprint density at radius 1 is 1.32 bits per heavy atom. The Bertz CT molecular complexity index is 516. The first-order chi connectivity index (χ1) is 10.4. The number of hydrogen-bond acceptors (Lipinski definition) is 7. The third-order valence-electron chi connectivity index (χ3n) is 2.50. The number of methoxy groups -OCH3 is 1. The smallest absolute Gasteiger partial charge is 0.344 e. The molecule has 0 aliphatic carbocycles. The van der Waals surface area contributed by atoms with Crippen molar-refractivity contribution in [3.63, 3.8) is 0 Å². The van der Waals surface area contributed by atoms with Crippen LogP contribution in [0.5, 0.6) is 11.5 Å². The molecule has 0 fully saturated rings. The van der Waals surface area contributed by atoms with Gasteiger partial charge in [0.1, 0.15) is 12.4 Å². The summed E-state index contributed by atoms with van der Waals surface area (Å²) in [6.07, 6.45) is 0.0718. The van der Waals surface area contributed by atoms with Crippen molar-refractivity contribution in [3.8, 4) is 11.5 Å². The van der Waals surface area contributed by atoms with Gasteiger partial charge in [-0.1, -0.05) is 0 Å². The Kier molecular flexibility index (Phi) is 7.11. The zero-order chi connectivity index (χ0) is 16.5. The fourth-order valence-corrected chi connectivity index (χ4v) is 1.52. The molecular formula is C14H19NO7. The zero-order valence-electron chi connectivity index (χ0n) is 12.7. The monoisotopic (exact) mass is 313 g/mol. The number of esters is 1. The largest absolute Gasteiger partial charge is 0.490 e. The molecule has 0 atom stereocenters. The van der Waals surface area contributed by atoms with Crippen LogP contribution >= 0.6 is 0 Å². The van der Waals surface area contributed by atoms with E-state index in [1.165, 1.54) is 25.3 Å². The van der Waals surface area contributed by atoms with Crippen molar-refractivity contribution in [1.29, 1.82) is 0 Å². The van der Waals surface area contributed by atoms with E-state index in [0.29, 0.717) is 6.61 Å². The van der Waals surface area contributed by atoms with Crippen LogP contribution in [0.2, 0.25) is 0 Å². The van der Waals surface area contributed by atoms with Crippen LogP contribution < -0.4 is 9.47 Å². The number of rotatable bonds is 9. The van der Waals surface area contributed by atoms with Gasteiger partial charge in [-0.2, -0.15) is 0 Å². The lowest BCUT2D eigenvalue weighted by Gasteiger charge is -2.09. The van der Waals surface area contributed by atoms with Gasteiger partial charge in [0.25, 0.3) is 0 Å². The SMILES string of the molecule is COc1cc(OCC(=O)OCCOC(C)C)ccc1[N+](=O)[O-]. The number of nitrogens with zero attached hydrogens (tertiary/aromatic N) is 1. The number of nitro groups is 1. The first kappa shape index (κ1) is 17.7. The van der Waals surface area contributed by atoms with Gasteiger partial charge < -0.3 is 18.9 Å². The van der Waals surface area contributed by atoms with Crippen LogP contribution in [0.15, 0.2) is 18.2 Å². The average Bonchev–Trinajstić information content (AvgIpc) is 2.48. The molecule has 0 radical (unpaired) electrons. The summed E-state index contributed by atoms with van der Waals surface area (Å²) in [6.45, 7) is 3.92. The van der Waals surface area contributed by atoms with Gasteiger partial charge in [-0.05, 0) is 19.9 Å². The molecule has 0 saturated heterocycles. The van der Waals surface area contributed by atoms with Crippen LogP contribution in [0.3, 0.4) is 0 Å². The molecule has 1 rings (SSSR count). The van der Waals surface area contributed by atoms with Gasteiger partial charge in [0.05, 0.1) is 24.7 Å². The number of hydrogen-bond donors (Lipinski definition) is 0. The summed E-state index contributed by atoms with van der Waals surface area (Å²) in [6, 6.07) is 3.97. The fourth-order valence-electron chi connectivity index (χ4n) is 1.52. The number of nitro benzene ring substituents is 1. The molecule has 22 heavy (non-hydrogen) atoms. The van der Waals surface area contributed by atoms with E-state index in [2.05, 4.69) is 0 Å². The Hall–Kier alpha value is -2.35. The van der Waals surface area contributed by atoms with Gasteiger partial charge in [0.2, 0.25) is 5.75 Å². The van der Waals surface area contributed by atoms with E-state index in [1.54, 1.807) is 0 Å². The van der Waals surface area contributed by atoms with Gasteiger partial charge in [0, 0.05) is 12.1 Å². The van der Waals surface area contributed by atoms with E-state index in [9.17, 15) is 14.9 Å². The number of carbonyl (C=O) groups excluding carboxylic acids is 1. The molecule has 8 heteroatoms. The van der Waals surface area contributed by atoms with Crippen molar-refractivity contribution in [3.05, 3.63) is 28.3 Å². The molecule has 0 spiro atoms. The van der Waals surface area contributed by atoms with E-state index in [-0.39, 0.29) is 36.5 Å². The molecule has 1 aromatic carbocycles. The first-order valence-electron chi connectivity index (χ1n) is 6.66. The third kappa shape index (κ3) is 5.96. The second kappa shape index (κ2) is 8.83. The lowest BCUT2D eigenvalue weighted by Crippen LogP contribution is -2.18. The summed E-state index contributed by atoms with van der Waals surface area (Å²) in [5.41, 5.74) is -0.178. The maximum absolute atomic E-state index is 11.4. The topological polar surface area (TPSA) is 97.1 Å². The number of carbonyl (C=O) groups is 1. The van der Waals surface area contributed by atoms with Gasteiger partial charge in [-0.3, -0.25) is 10.1 Å². The van der Waals surface area contributed by atoms with Gasteiger partial charge in [-0.25, -0.2) is 4.79 Å². The molecule has 122 valence electrons. The minimum absolute atomic E-state index is 0.0567. The van der Waals surface area contributed by atoms with Crippen LogP contribution in [0, 0.1) is 10.1 Å². The summed E-state index contributed by atoms with van der Waals surface area (Å²) in [4.78, 5) is 21.6. The van der Waals surface area contributed by atoms with Crippen molar-refractivity contribution >= 4 is 11.7 Å². The van der Waals surface area contributed by atoms with Crippen LogP contribution in [0.25, 0.3) is 0 Å². The highest BCUT2D eigenvalue weighted by atomic mass is 16.6. The minimum Gasteiger partial charge on any atom is -0.490 e. The summed E-state index contributed by atoms with van der Waals surface area (Å²) in [5.74, 6) is -0.219. The Labute approximate surface area is 128 Å². The normalized spacial score (nSPS) is 10.4. The highest BCUT2D eigenvalue weighted by Crippen LogP contribution is 2.30. The van der Waals surface area contributed by atoms with Gasteiger partial charge in [-0.15, -0.1) is 0 Å². The van der Waals surface area contributed by atoms with Crippen molar-refractivity contribution in [2.75, 3.05) is 26.9 Å². The van der Waals surface area contributed by atoms with Crippen LogP contribution in [-0.2, 0) is 14.3 Å². The lowest BCUT2D eigenvalue weighted by molar-refractivity contribution is -0.385. The molecule has 0 amide bonds. The molecule has 0 aromatic heterocycles. The maximum atomic E-state index is 11.4. The molecular weight excluding hydrogens is 294 g/mol. The van der Waals surface area contributed by atoms with E-state index >= 15 is 0 Å². The standard InChI is InChI=1S/C14H19NO7/c1-10(2)20-6-7-21-14(16)9-22-11-4-5-12(15(17)18)13(8-11)19-3/h4-5,8,10H,6-7,9H2,1-3H3. The van der Waals surface area contributed by atoms with Crippen molar-refractivity contribution in [2.24, 2.45) is 0 Å². The molecule has 1 aromatic rings. The van der Waals surface area contributed by atoms with Crippen molar-refractivity contribution < 1.29 is 28.7 Å². The third-order valence-corrected chi connectivity index (χ3v) is 2.50. The van der Waals surface area contributed by atoms with E-state index < -0.39 is 10.9 Å². The Balaban J connectivity index is 2.44. The Morgan fingerprint density at radius 2 is 2.05 bits per heavy atom. The fraction of sp³-hybridized carbons (Fsp3) is 0.500. The minimum atomic E-state index is -0.564. The lowest BCUT2D eigenvalue weighted by atomic mass is 10.3. The Morgan fingerprint density at radius 3 is 2.64 bits per heavy atom. The van der Waals surface area contributed by atoms with Crippen LogP contribution in [-0.4, -0.2) is 43.9 Å². The van der Waals surface area contributed by atoms with Crippen molar-refractivity contribution in [1.82, 2.24) is 0 Å². The quantitative estimate of drug-likeness (QED) is 0.297. The molecule has 0 unspecified atom stereocenters. The first-order valence-corrected chi connectivity index (χ1v) is 6.66. The van der Waals surface area contributed by atoms with Crippen LogP contribution in [0.1, 0.15) is 13.8 Å². The number of ether oxygens (including phenoxy) is 4. The van der Waals surface area contributed by atoms with E-state index in [0.717, 1.165) is 0 Å². The average molecular weight is 313 g/mol. The van der Waals surface area contributed by atoms with Crippen LogP contribution in [0.4, 0.5) is 5.69 Å². The molecule has 0 bridgehead atoms. The molecule has 8 nitrogen and oxygen atoms in total. The summed E-state index contributed by atoms with van der Waals surface area (Å²) in [7, 11) is 1.31. The van der Waals surface area contributed by atoms with Gasteiger partial charge >= 0.3 is 11.7 Å². The van der Waals surface area contributed by atoms with Crippen molar-refractivity contribution in [2.45, 2.75) is 20.0 Å². The summed E-state index contributed by atoms with van der Waals surface area (Å²) < 4.78 is 20.2. The second-order valence-corrected chi connectivity index (χ2v) is 4.52. The molecule has 0 aliphatic heterocycles. The number of benzene rings is 1. The summed E-state index contributed by atoms with van der Waals surface area (Å²) in [5, 5.41) is 10.8. The van der Waals surface area contributed by atoms with Gasteiger partial charge in [0.15, 0.2) is 6.61 Å². The molecule has 0 aliphatic rings. The van der Waals surface area contributed by atoms with E-state index in [4.69, 9.17) is 18.9 Å².